The third-order valence-corrected chi connectivity index (χ3v) is 13.8. The molecule has 2 aliphatic carbocycles. The van der Waals surface area contributed by atoms with Crippen molar-refractivity contribution in [3.05, 3.63) is 73.4 Å². The van der Waals surface area contributed by atoms with Crippen LogP contribution in [0, 0.1) is 0 Å². The molecule has 0 saturated carbocycles. The molecule has 17 heavy (non-hydrogen) atoms. The Bertz CT molecular complexity index is 488. The van der Waals surface area contributed by atoms with Crippen LogP contribution in [0.4, 0.5) is 0 Å². The fourth-order valence-corrected chi connectivity index (χ4v) is 12.7. The number of hydrogen-bond acceptors (Lipinski definition) is 0. The predicted molar refractivity (Wildman–Crippen MR) is 69.8 cm³/mol. The van der Waals surface area contributed by atoms with E-state index in [-0.39, 0.29) is 0 Å². The SMILES string of the molecule is C1=CC[C]([Hf]([C]2=CC=CC2)[c]2ccccc2)=C1. The van der Waals surface area contributed by atoms with Crippen molar-refractivity contribution >= 4 is 3.32 Å². The van der Waals surface area contributed by atoms with E-state index in [2.05, 4.69) is 66.8 Å². The molecule has 0 fully saturated rings. The average molecular weight is 386 g/mol. The van der Waals surface area contributed by atoms with E-state index in [4.69, 9.17) is 0 Å². The van der Waals surface area contributed by atoms with Crippen molar-refractivity contribution < 1.29 is 21.4 Å². The molecule has 0 N–H and O–H groups in total. The van der Waals surface area contributed by atoms with Gasteiger partial charge in [-0.1, -0.05) is 0 Å². The Morgan fingerprint density at radius 3 is 1.82 bits per heavy atom. The second-order valence-corrected chi connectivity index (χ2v) is 13.8. The number of allylic oxidation sites excluding steroid dienone is 8. The summed E-state index contributed by atoms with van der Waals surface area (Å²) in [4.78, 5) is 0. The standard InChI is InChI=1S/C6H5.2C5H5.Hf/c1-2-4-6-5-3-1;2*1-2-4-5-3-1;/h1-5H;2*1-3H,4H2;. The van der Waals surface area contributed by atoms with Crippen molar-refractivity contribution in [2.45, 2.75) is 12.8 Å². The molecule has 83 valence electrons. The summed E-state index contributed by atoms with van der Waals surface area (Å²) in [6.45, 7) is 0. The second kappa shape index (κ2) is 5.14. The van der Waals surface area contributed by atoms with Gasteiger partial charge in [-0.3, -0.25) is 0 Å². The predicted octanol–water partition coefficient (Wildman–Crippen LogP) is 3.62. The van der Waals surface area contributed by atoms with Crippen LogP contribution in [-0.4, -0.2) is 0 Å². The van der Waals surface area contributed by atoms with E-state index in [1.807, 2.05) is 0 Å². The van der Waals surface area contributed by atoms with Crippen LogP contribution >= 0.6 is 0 Å². The molecular weight excluding hydrogens is 371 g/mol. The van der Waals surface area contributed by atoms with Gasteiger partial charge in [-0.2, -0.15) is 0 Å². The third kappa shape index (κ3) is 2.35. The van der Waals surface area contributed by atoms with E-state index >= 15 is 0 Å². The molecule has 1 aromatic rings. The molecule has 0 nitrogen and oxygen atoms in total. The molecule has 0 aromatic heterocycles. The van der Waals surface area contributed by atoms with Crippen molar-refractivity contribution in [3.8, 4) is 0 Å². The summed E-state index contributed by atoms with van der Waals surface area (Å²) in [7, 11) is 0. The first-order valence-corrected chi connectivity index (χ1v) is 11.5. The Morgan fingerprint density at radius 1 is 0.765 bits per heavy atom. The van der Waals surface area contributed by atoms with Gasteiger partial charge in [-0.25, -0.2) is 0 Å². The zero-order valence-electron chi connectivity index (χ0n) is 9.77. The molecular formula is C16H15Hf. The summed E-state index contributed by atoms with van der Waals surface area (Å²) in [5.74, 6) is 0. The van der Waals surface area contributed by atoms with Gasteiger partial charge in [0.05, 0.1) is 0 Å². The number of benzene rings is 1. The molecule has 0 atom stereocenters. The van der Waals surface area contributed by atoms with Crippen molar-refractivity contribution in [1.29, 1.82) is 0 Å². The molecule has 0 spiro atoms. The Morgan fingerprint density at radius 2 is 1.35 bits per heavy atom. The van der Waals surface area contributed by atoms with E-state index in [1.54, 1.807) is 9.98 Å². The Labute approximate surface area is 111 Å². The average Bonchev–Trinajstić information content (AvgIpc) is 3.04. The molecule has 0 aliphatic heterocycles. The van der Waals surface area contributed by atoms with Gasteiger partial charge in [0.2, 0.25) is 0 Å². The number of rotatable bonds is 3. The fraction of sp³-hybridized carbons (Fsp3) is 0.125. The third-order valence-electron chi connectivity index (χ3n) is 3.25. The molecule has 3 rings (SSSR count). The topological polar surface area (TPSA) is 0 Å². The summed E-state index contributed by atoms with van der Waals surface area (Å²) in [6, 6.07) is 11.2. The number of hydrogen-bond donors (Lipinski definition) is 0. The zero-order valence-corrected chi connectivity index (χ0v) is 13.4. The second-order valence-electron chi connectivity index (χ2n) is 4.39. The monoisotopic (exact) mass is 387 g/mol. The van der Waals surface area contributed by atoms with E-state index in [0.717, 1.165) is 0 Å². The zero-order chi connectivity index (χ0) is 11.5. The summed E-state index contributed by atoms with van der Waals surface area (Å²) >= 11 is -1.94. The van der Waals surface area contributed by atoms with Crippen molar-refractivity contribution in [2.75, 3.05) is 0 Å². The normalized spacial score (nSPS) is 17.2. The van der Waals surface area contributed by atoms with Gasteiger partial charge in [-0.15, -0.1) is 0 Å². The Kier molecular flexibility index (Phi) is 3.37. The van der Waals surface area contributed by atoms with E-state index in [1.165, 1.54) is 12.8 Å². The first-order valence-electron chi connectivity index (χ1n) is 6.09. The van der Waals surface area contributed by atoms with Crippen LogP contribution in [0.2, 0.25) is 0 Å². The van der Waals surface area contributed by atoms with Crippen LogP contribution in [-0.2, 0) is 21.4 Å². The summed E-state index contributed by atoms with van der Waals surface area (Å²) < 4.78 is 5.09. The minimum absolute atomic E-state index is 1.19. The maximum absolute atomic E-state index is 2.37. The summed E-state index contributed by atoms with van der Waals surface area (Å²) in [5.41, 5.74) is 0. The molecule has 1 aromatic carbocycles. The molecule has 0 unspecified atom stereocenters. The molecule has 0 bridgehead atoms. The van der Waals surface area contributed by atoms with Gasteiger partial charge in [0.25, 0.3) is 0 Å². The van der Waals surface area contributed by atoms with Gasteiger partial charge in [-0.05, 0) is 0 Å². The Balaban J connectivity index is 1.97. The van der Waals surface area contributed by atoms with Crippen LogP contribution in [0.3, 0.4) is 0 Å². The van der Waals surface area contributed by atoms with Gasteiger partial charge in [0.1, 0.15) is 0 Å². The van der Waals surface area contributed by atoms with Crippen molar-refractivity contribution in [1.82, 2.24) is 0 Å². The molecule has 1 heteroatoms. The van der Waals surface area contributed by atoms with E-state index < -0.39 is 21.4 Å². The minimum atomic E-state index is -1.94. The fourth-order valence-electron chi connectivity index (χ4n) is 2.45. The first-order chi connectivity index (χ1) is 8.45. The van der Waals surface area contributed by atoms with Gasteiger partial charge >= 0.3 is 111 Å². The molecule has 0 heterocycles. The maximum atomic E-state index is 2.37. The van der Waals surface area contributed by atoms with Crippen LogP contribution in [0.5, 0.6) is 0 Å². The van der Waals surface area contributed by atoms with E-state index in [9.17, 15) is 0 Å². The van der Waals surface area contributed by atoms with Crippen LogP contribution in [0.15, 0.2) is 73.4 Å². The molecule has 0 amide bonds. The van der Waals surface area contributed by atoms with Gasteiger partial charge in [0, 0.05) is 0 Å². The van der Waals surface area contributed by atoms with Crippen molar-refractivity contribution in [2.24, 2.45) is 0 Å². The van der Waals surface area contributed by atoms with Crippen molar-refractivity contribution in [3.63, 3.8) is 0 Å². The molecule has 2 aliphatic rings. The first kappa shape index (κ1) is 11.2. The van der Waals surface area contributed by atoms with Crippen LogP contribution in [0.1, 0.15) is 12.8 Å². The van der Waals surface area contributed by atoms with Crippen LogP contribution in [0.25, 0.3) is 0 Å². The molecule has 0 radical (unpaired) electrons. The summed E-state index contributed by atoms with van der Waals surface area (Å²) in [6.07, 6.45) is 16.2. The van der Waals surface area contributed by atoms with E-state index in [0.29, 0.717) is 0 Å². The summed E-state index contributed by atoms with van der Waals surface area (Å²) in [5, 5.41) is 0. The quantitative estimate of drug-likeness (QED) is 0.697. The van der Waals surface area contributed by atoms with Gasteiger partial charge in [0.15, 0.2) is 0 Å². The Hall–Kier alpha value is -0.950. The van der Waals surface area contributed by atoms with Gasteiger partial charge < -0.3 is 0 Å². The van der Waals surface area contributed by atoms with Crippen LogP contribution < -0.4 is 3.32 Å². The molecule has 0 saturated heterocycles.